The minimum absolute atomic E-state index is 0.136. The van der Waals surface area contributed by atoms with Gasteiger partial charge in [0.25, 0.3) is 0 Å². The van der Waals surface area contributed by atoms with Crippen molar-refractivity contribution in [2.24, 2.45) is 17.8 Å². The van der Waals surface area contributed by atoms with Crippen LogP contribution in [-0.4, -0.2) is 28.4 Å². The highest BCUT2D eigenvalue weighted by Gasteiger charge is 2.68. The van der Waals surface area contributed by atoms with Crippen molar-refractivity contribution in [2.45, 2.75) is 25.4 Å². The molecule has 6 rings (SSSR count). The van der Waals surface area contributed by atoms with Gasteiger partial charge in [-0.1, -0.05) is 61.3 Å². The first-order valence-corrected chi connectivity index (χ1v) is 10.2. The van der Waals surface area contributed by atoms with Gasteiger partial charge in [0.2, 0.25) is 11.8 Å². The summed E-state index contributed by atoms with van der Waals surface area (Å²) in [5, 5.41) is 12.9. The van der Waals surface area contributed by atoms with Gasteiger partial charge < -0.3 is 5.11 Å². The van der Waals surface area contributed by atoms with Gasteiger partial charge in [0.1, 0.15) is 5.60 Å². The van der Waals surface area contributed by atoms with Crippen LogP contribution >= 0.6 is 23.2 Å². The Bertz CT molecular complexity index is 995. The van der Waals surface area contributed by atoms with E-state index < -0.39 is 17.4 Å². The average molecular weight is 416 g/mol. The van der Waals surface area contributed by atoms with Crippen LogP contribution in [0.3, 0.4) is 0 Å². The maximum absolute atomic E-state index is 13.4. The lowest BCUT2D eigenvalue weighted by Crippen LogP contribution is -2.54. The number of benzene rings is 2. The van der Waals surface area contributed by atoms with Crippen molar-refractivity contribution in [2.75, 3.05) is 6.54 Å². The Morgan fingerprint density at radius 3 is 2.04 bits per heavy atom. The van der Waals surface area contributed by atoms with Crippen LogP contribution in [0.1, 0.15) is 42.0 Å². The summed E-state index contributed by atoms with van der Waals surface area (Å²) in [6.45, 7) is 4.26. The van der Waals surface area contributed by atoms with E-state index in [9.17, 15) is 14.7 Å². The third-order valence-electron chi connectivity index (χ3n) is 6.32. The summed E-state index contributed by atoms with van der Waals surface area (Å²) in [7, 11) is 0. The second-order valence-corrected chi connectivity index (χ2v) is 9.15. The Kier molecular flexibility index (Phi) is 3.77. The van der Waals surface area contributed by atoms with E-state index in [0.29, 0.717) is 27.7 Å². The van der Waals surface area contributed by atoms with E-state index in [1.165, 1.54) is 4.90 Å². The normalized spacial score (nSPS) is 29.9. The predicted octanol–water partition coefficient (Wildman–Crippen LogP) is 3.95. The lowest BCUT2D eigenvalue weighted by molar-refractivity contribution is -0.142. The van der Waals surface area contributed by atoms with Gasteiger partial charge in [0.15, 0.2) is 0 Å². The molecule has 0 unspecified atom stereocenters. The molecule has 144 valence electrons. The molecule has 0 aromatic heterocycles. The van der Waals surface area contributed by atoms with Crippen LogP contribution in [0.4, 0.5) is 0 Å². The van der Waals surface area contributed by atoms with Crippen molar-refractivity contribution in [3.63, 3.8) is 0 Å². The Labute approximate surface area is 173 Å². The third-order valence-corrected chi connectivity index (χ3v) is 6.95. The Morgan fingerprint density at radius 1 is 1.00 bits per heavy atom. The second kappa shape index (κ2) is 5.82. The fourth-order valence-corrected chi connectivity index (χ4v) is 6.12. The number of halogens is 2. The monoisotopic (exact) mass is 415 g/mol. The molecule has 1 fully saturated rings. The number of aliphatic hydroxyl groups is 1. The van der Waals surface area contributed by atoms with Crippen LogP contribution in [0.25, 0.3) is 0 Å². The molecule has 2 aromatic carbocycles. The van der Waals surface area contributed by atoms with Gasteiger partial charge in [-0.25, -0.2) is 0 Å². The Hall–Kier alpha value is -1.88. The lowest BCUT2D eigenvalue weighted by Gasteiger charge is -2.51. The molecule has 1 aliphatic heterocycles. The van der Waals surface area contributed by atoms with Gasteiger partial charge in [-0.2, -0.15) is 0 Å². The van der Waals surface area contributed by atoms with Crippen molar-refractivity contribution < 1.29 is 14.7 Å². The molecule has 1 N–H and O–H groups in total. The summed E-state index contributed by atoms with van der Waals surface area (Å²) in [4.78, 5) is 28.0. The zero-order chi connectivity index (χ0) is 20.0. The number of hydrogen-bond donors (Lipinski definition) is 1. The molecule has 1 saturated heterocycles. The van der Waals surface area contributed by atoms with E-state index in [0.717, 1.165) is 11.1 Å². The molecule has 2 bridgehead atoms. The molecule has 2 aromatic rings. The van der Waals surface area contributed by atoms with E-state index in [4.69, 9.17) is 23.2 Å². The van der Waals surface area contributed by atoms with Gasteiger partial charge in [0, 0.05) is 33.6 Å². The molecule has 0 saturated carbocycles. The van der Waals surface area contributed by atoms with Crippen LogP contribution in [0.15, 0.2) is 36.4 Å². The molecule has 4 nitrogen and oxygen atoms in total. The van der Waals surface area contributed by atoms with Crippen LogP contribution in [0, 0.1) is 17.8 Å². The van der Waals surface area contributed by atoms with Crippen LogP contribution in [0.2, 0.25) is 10.0 Å². The molecule has 1 heterocycles. The topological polar surface area (TPSA) is 57.6 Å². The van der Waals surface area contributed by atoms with Crippen molar-refractivity contribution >= 4 is 35.0 Å². The van der Waals surface area contributed by atoms with Gasteiger partial charge in [-0.15, -0.1) is 0 Å². The van der Waals surface area contributed by atoms with E-state index >= 15 is 0 Å². The summed E-state index contributed by atoms with van der Waals surface area (Å²) in [5.41, 5.74) is 0.906. The summed E-state index contributed by atoms with van der Waals surface area (Å²) >= 11 is 13.1. The average Bonchev–Trinajstić information content (AvgIpc) is 2.88. The lowest BCUT2D eigenvalue weighted by atomic mass is 9.52. The van der Waals surface area contributed by atoms with E-state index in [2.05, 4.69) is 0 Å². The number of hydrogen-bond acceptors (Lipinski definition) is 3. The summed E-state index contributed by atoms with van der Waals surface area (Å²) in [6, 6.07) is 10.8. The van der Waals surface area contributed by atoms with Crippen LogP contribution in [0.5, 0.6) is 0 Å². The molecule has 0 radical (unpaired) electrons. The highest BCUT2D eigenvalue weighted by Crippen LogP contribution is 2.65. The number of rotatable bonds is 2. The van der Waals surface area contributed by atoms with E-state index in [-0.39, 0.29) is 23.7 Å². The molecule has 2 amide bonds. The first-order chi connectivity index (χ1) is 13.3. The molecular formula is C22H19Cl2NO3. The fourth-order valence-electron chi connectivity index (χ4n) is 5.47. The van der Waals surface area contributed by atoms with Crippen molar-refractivity contribution in [1.29, 1.82) is 0 Å². The van der Waals surface area contributed by atoms with Crippen LogP contribution < -0.4 is 0 Å². The SMILES string of the molecule is CC(C)CN1C(=O)[C@H]2C3c4cccc(Cl)c4C(O)(c4c(Cl)cccc43)[C@H]2C1=O. The maximum atomic E-state index is 13.4. The van der Waals surface area contributed by atoms with Crippen molar-refractivity contribution in [3.05, 3.63) is 68.7 Å². The molecule has 0 spiro atoms. The zero-order valence-electron chi connectivity index (χ0n) is 15.4. The Morgan fingerprint density at radius 2 is 1.54 bits per heavy atom. The van der Waals surface area contributed by atoms with Crippen LogP contribution in [-0.2, 0) is 15.2 Å². The number of likely N-dealkylation sites (tertiary alicyclic amines) is 1. The largest absolute Gasteiger partial charge is 0.379 e. The van der Waals surface area contributed by atoms with Crippen molar-refractivity contribution in [1.82, 2.24) is 4.90 Å². The predicted molar refractivity (Wildman–Crippen MR) is 106 cm³/mol. The number of amides is 2. The highest BCUT2D eigenvalue weighted by atomic mass is 35.5. The van der Waals surface area contributed by atoms with Gasteiger partial charge in [-0.3, -0.25) is 14.5 Å². The van der Waals surface area contributed by atoms with Gasteiger partial charge in [-0.05, 0) is 29.2 Å². The molecule has 2 atom stereocenters. The summed E-state index contributed by atoms with van der Waals surface area (Å²) < 4.78 is 0. The number of imide groups is 1. The smallest absolute Gasteiger partial charge is 0.236 e. The fraction of sp³-hybridized carbons (Fsp3) is 0.364. The van der Waals surface area contributed by atoms with E-state index in [1.54, 1.807) is 12.1 Å². The summed E-state index contributed by atoms with van der Waals surface area (Å²) in [6.07, 6.45) is 0. The molecule has 4 aliphatic rings. The minimum atomic E-state index is -1.72. The number of carbonyl (C=O) groups excluding carboxylic acids is 2. The first kappa shape index (κ1) is 18.2. The molecular weight excluding hydrogens is 397 g/mol. The Balaban J connectivity index is 1.84. The number of nitrogens with zero attached hydrogens (tertiary/aromatic N) is 1. The van der Waals surface area contributed by atoms with E-state index in [1.807, 2.05) is 38.1 Å². The molecule has 6 heteroatoms. The standard InChI is InChI=1S/C22H19Cl2NO3/c1-10(2)9-25-20(26)16-15-11-5-3-7-13(23)17(11)22(28,19(16)21(25)27)18-12(15)6-4-8-14(18)24/h3-8,10,15-16,19,28H,9H2,1-2H3/t15?,16-,19+,22?/m0/s1. The zero-order valence-corrected chi connectivity index (χ0v) is 17.0. The van der Waals surface area contributed by atoms with Crippen molar-refractivity contribution in [3.8, 4) is 0 Å². The third kappa shape index (κ3) is 2.01. The summed E-state index contributed by atoms with van der Waals surface area (Å²) in [5.74, 6) is -2.33. The molecule has 3 aliphatic carbocycles. The van der Waals surface area contributed by atoms with Gasteiger partial charge in [0.05, 0.1) is 11.8 Å². The molecule has 28 heavy (non-hydrogen) atoms. The highest BCUT2D eigenvalue weighted by molar-refractivity contribution is 6.33. The minimum Gasteiger partial charge on any atom is -0.379 e. The second-order valence-electron chi connectivity index (χ2n) is 8.34. The van der Waals surface area contributed by atoms with Gasteiger partial charge >= 0.3 is 0 Å². The number of carbonyl (C=O) groups is 2. The quantitative estimate of drug-likeness (QED) is 0.755. The first-order valence-electron chi connectivity index (χ1n) is 9.43. The maximum Gasteiger partial charge on any atom is 0.236 e.